The van der Waals surface area contributed by atoms with E-state index in [1.165, 1.54) is 5.56 Å². The first-order valence-electron chi connectivity index (χ1n) is 13.4. The number of fused-ring (bicyclic) bond motifs is 2. The second kappa shape index (κ2) is 11.6. The number of likely N-dealkylation sites (tertiary alicyclic amines) is 1. The average molecular weight is 521 g/mol. The number of para-hydroxylation sites is 2. The van der Waals surface area contributed by atoms with Gasteiger partial charge >= 0.3 is 0 Å². The molecule has 3 aromatic rings. The fourth-order valence-corrected chi connectivity index (χ4v) is 6.47. The summed E-state index contributed by atoms with van der Waals surface area (Å²) in [6.45, 7) is 4.80. The minimum Gasteiger partial charge on any atom is -0.491 e. The Hall–Kier alpha value is -2.97. The molecule has 1 atom stereocenters. The normalized spacial score (nSPS) is 19.6. The predicted molar refractivity (Wildman–Crippen MR) is 147 cm³/mol. The van der Waals surface area contributed by atoms with E-state index in [2.05, 4.69) is 38.7 Å². The number of piperidine rings is 1. The van der Waals surface area contributed by atoms with Gasteiger partial charge in [-0.3, -0.25) is 14.5 Å². The third-order valence-corrected chi connectivity index (χ3v) is 8.91. The Morgan fingerprint density at radius 3 is 2.76 bits per heavy atom. The first kappa shape index (κ1) is 25.7. The van der Waals surface area contributed by atoms with Crippen LogP contribution in [0.3, 0.4) is 0 Å². The van der Waals surface area contributed by atoms with Gasteiger partial charge < -0.3 is 15.4 Å². The topological polar surface area (TPSA) is 83.6 Å². The van der Waals surface area contributed by atoms with E-state index in [-0.39, 0.29) is 23.3 Å². The number of aryl methyl sites for hydroxylation is 1. The molecule has 0 saturated carbocycles. The van der Waals surface area contributed by atoms with Crippen LogP contribution in [0, 0.1) is 5.41 Å². The highest BCUT2D eigenvalue weighted by atomic mass is 32.1. The highest BCUT2D eigenvalue weighted by Gasteiger charge is 2.41. The average Bonchev–Trinajstić information content (AvgIpc) is 3.35. The van der Waals surface area contributed by atoms with Crippen molar-refractivity contribution in [2.24, 2.45) is 5.41 Å². The lowest BCUT2D eigenvalue weighted by molar-refractivity contribution is -0.135. The first-order valence-corrected chi connectivity index (χ1v) is 14.2. The molecule has 8 heteroatoms. The molecular formula is C29H36N4O3S. The van der Waals surface area contributed by atoms with Crippen LogP contribution in [0.5, 0.6) is 5.75 Å². The first-order chi connectivity index (χ1) is 18.0. The Balaban J connectivity index is 1.14. The number of carbonyl (C=O) groups excluding carboxylic acids is 2. The van der Waals surface area contributed by atoms with Crippen molar-refractivity contribution in [1.82, 2.24) is 20.5 Å². The molecule has 0 aliphatic carbocycles. The van der Waals surface area contributed by atoms with Crippen LogP contribution >= 0.6 is 11.3 Å². The molecule has 2 aliphatic heterocycles. The van der Waals surface area contributed by atoms with Crippen molar-refractivity contribution in [3.8, 4) is 5.75 Å². The lowest BCUT2D eigenvalue weighted by Gasteiger charge is -2.40. The van der Waals surface area contributed by atoms with Crippen LogP contribution in [0.2, 0.25) is 0 Å². The van der Waals surface area contributed by atoms with Crippen LogP contribution in [-0.2, 0) is 16.0 Å². The summed E-state index contributed by atoms with van der Waals surface area (Å²) in [4.78, 5) is 33.0. The zero-order valence-electron chi connectivity index (χ0n) is 21.5. The summed E-state index contributed by atoms with van der Waals surface area (Å²) >= 11 is 1.62. The molecule has 37 heavy (non-hydrogen) atoms. The number of hydrogen-bond donors (Lipinski definition) is 2. The van der Waals surface area contributed by atoms with Crippen LogP contribution < -0.4 is 15.4 Å². The van der Waals surface area contributed by atoms with Crippen molar-refractivity contribution in [3.05, 3.63) is 59.1 Å². The van der Waals surface area contributed by atoms with Crippen molar-refractivity contribution in [3.63, 3.8) is 0 Å². The Kier molecular flexibility index (Phi) is 8.05. The maximum Gasteiger partial charge on any atom is 0.234 e. The molecule has 7 nitrogen and oxygen atoms in total. The van der Waals surface area contributed by atoms with Crippen molar-refractivity contribution < 1.29 is 14.3 Å². The molecule has 2 aliphatic rings. The largest absolute Gasteiger partial charge is 0.491 e. The Morgan fingerprint density at radius 1 is 1.14 bits per heavy atom. The molecule has 1 unspecified atom stereocenters. The zero-order chi connectivity index (χ0) is 25.7. The second-order valence-electron chi connectivity index (χ2n) is 10.3. The van der Waals surface area contributed by atoms with Crippen LogP contribution in [0.15, 0.2) is 48.5 Å². The van der Waals surface area contributed by atoms with E-state index in [0.29, 0.717) is 19.7 Å². The number of rotatable bonds is 4. The fourth-order valence-electron chi connectivity index (χ4n) is 5.50. The molecular weight excluding hydrogens is 484 g/mol. The fraction of sp³-hybridized carbons (Fsp3) is 0.483. The summed E-state index contributed by atoms with van der Waals surface area (Å²) in [6.07, 6.45) is 5.44. The number of hydrogen-bond acceptors (Lipinski definition) is 6. The number of thiazole rings is 1. The van der Waals surface area contributed by atoms with Gasteiger partial charge in [0.15, 0.2) is 0 Å². The van der Waals surface area contributed by atoms with Gasteiger partial charge in [0.1, 0.15) is 17.4 Å². The summed E-state index contributed by atoms with van der Waals surface area (Å²) in [7, 11) is 0. The smallest absolute Gasteiger partial charge is 0.234 e. The predicted octanol–water partition coefficient (Wildman–Crippen LogP) is 4.48. The van der Waals surface area contributed by atoms with E-state index in [4.69, 9.17) is 4.74 Å². The zero-order valence-corrected chi connectivity index (χ0v) is 22.3. The number of carbonyl (C=O) groups is 2. The van der Waals surface area contributed by atoms with Crippen molar-refractivity contribution in [1.29, 1.82) is 0 Å². The van der Waals surface area contributed by atoms with Gasteiger partial charge in [-0.15, -0.1) is 11.3 Å². The summed E-state index contributed by atoms with van der Waals surface area (Å²) in [6, 6.07) is 16.1. The number of benzene rings is 2. The maximum absolute atomic E-state index is 13.3. The van der Waals surface area contributed by atoms with Gasteiger partial charge in [-0.25, -0.2) is 4.98 Å². The molecule has 2 aromatic carbocycles. The number of nitrogens with zero attached hydrogens (tertiary/aromatic N) is 2. The summed E-state index contributed by atoms with van der Waals surface area (Å²) < 4.78 is 7.09. The Labute approximate surface area is 222 Å². The molecule has 1 fully saturated rings. The van der Waals surface area contributed by atoms with E-state index >= 15 is 0 Å². The van der Waals surface area contributed by atoms with Gasteiger partial charge in [-0.05, 0) is 75.9 Å². The molecule has 3 heterocycles. The molecule has 2 N–H and O–H groups in total. The third kappa shape index (κ3) is 6.13. The van der Waals surface area contributed by atoms with Gasteiger partial charge in [0.05, 0.1) is 34.8 Å². The van der Waals surface area contributed by atoms with Crippen LogP contribution in [-0.4, -0.2) is 54.5 Å². The molecule has 1 aromatic heterocycles. The van der Waals surface area contributed by atoms with Gasteiger partial charge in [-0.2, -0.15) is 0 Å². The lowest BCUT2D eigenvalue weighted by atomic mass is 9.73. The van der Waals surface area contributed by atoms with Gasteiger partial charge in [-0.1, -0.05) is 36.8 Å². The molecule has 5 rings (SSSR count). The van der Waals surface area contributed by atoms with Gasteiger partial charge in [0, 0.05) is 0 Å². The number of ether oxygens (including phenoxy) is 1. The highest BCUT2D eigenvalue weighted by Crippen LogP contribution is 2.37. The molecule has 0 bridgehead atoms. The van der Waals surface area contributed by atoms with E-state index in [9.17, 15) is 9.59 Å². The third-order valence-electron chi connectivity index (χ3n) is 7.69. The van der Waals surface area contributed by atoms with Crippen LogP contribution in [0.25, 0.3) is 10.2 Å². The molecule has 0 radical (unpaired) electrons. The van der Waals surface area contributed by atoms with Crippen molar-refractivity contribution >= 4 is 33.4 Å². The lowest BCUT2D eigenvalue weighted by Crippen LogP contribution is -2.51. The second-order valence-corrected chi connectivity index (χ2v) is 11.3. The van der Waals surface area contributed by atoms with Gasteiger partial charge in [0.2, 0.25) is 11.8 Å². The summed E-state index contributed by atoms with van der Waals surface area (Å²) in [5.41, 5.74) is 1.85. The highest BCUT2D eigenvalue weighted by molar-refractivity contribution is 7.18. The van der Waals surface area contributed by atoms with Gasteiger partial charge in [0.25, 0.3) is 0 Å². The van der Waals surface area contributed by atoms with E-state index < -0.39 is 0 Å². The standard InChI is InChI=1S/C29H36N4O3S/c1-21(27-32-23-10-3-5-12-25(23)37-27)31-26(34)20-33-17-14-29(15-18-33)13-7-6-9-22-8-2-4-11-24(22)36-19-16-30-28(29)35/h2-5,8,10-12,21H,6-7,9,13-20H2,1H3,(H,30,35)(H,31,34). The minimum absolute atomic E-state index is 0.00154. The maximum atomic E-state index is 13.3. The summed E-state index contributed by atoms with van der Waals surface area (Å²) in [5, 5.41) is 7.17. The molecule has 2 amide bonds. The van der Waals surface area contributed by atoms with E-state index in [1.54, 1.807) is 11.3 Å². The van der Waals surface area contributed by atoms with Crippen molar-refractivity contribution in [2.45, 2.75) is 51.5 Å². The molecule has 1 saturated heterocycles. The molecule has 196 valence electrons. The number of aromatic nitrogens is 1. The SMILES string of the molecule is CC(NC(=O)CN1CCC2(CCCCc3ccccc3OCCNC2=O)CC1)c1nc2ccccc2s1. The van der Waals surface area contributed by atoms with Crippen LogP contribution in [0.4, 0.5) is 0 Å². The van der Waals surface area contributed by atoms with Crippen LogP contribution in [0.1, 0.15) is 55.6 Å². The molecule has 1 spiro atoms. The quantitative estimate of drug-likeness (QED) is 0.530. The van der Waals surface area contributed by atoms with Crippen molar-refractivity contribution in [2.75, 3.05) is 32.8 Å². The Morgan fingerprint density at radius 2 is 1.92 bits per heavy atom. The monoisotopic (exact) mass is 520 g/mol. The number of nitrogens with one attached hydrogen (secondary N) is 2. The van der Waals surface area contributed by atoms with E-state index in [1.807, 2.05) is 37.3 Å². The Bertz CT molecular complexity index is 1200. The van der Waals surface area contributed by atoms with E-state index in [0.717, 1.165) is 72.6 Å². The minimum atomic E-state index is -0.361. The number of amides is 2. The summed E-state index contributed by atoms with van der Waals surface area (Å²) in [5.74, 6) is 1.07.